The summed E-state index contributed by atoms with van der Waals surface area (Å²) in [7, 11) is 0. The van der Waals surface area contributed by atoms with Crippen LogP contribution in [-0.2, 0) is 9.59 Å². The summed E-state index contributed by atoms with van der Waals surface area (Å²) in [4.78, 5) is 18.5. The zero-order chi connectivity index (χ0) is 16.7. The lowest BCUT2D eigenvalue weighted by Gasteiger charge is -1.64. The van der Waals surface area contributed by atoms with Crippen LogP contribution in [0.4, 0.5) is 0 Å². The van der Waals surface area contributed by atoms with E-state index >= 15 is 0 Å². The Hall–Kier alpha value is -1.70. The van der Waals surface area contributed by atoms with Crippen LogP contribution in [0.2, 0.25) is 0 Å². The van der Waals surface area contributed by atoms with Crippen molar-refractivity contribution in [1.82, 2.24) is 0 Å². The van der Waals surface area contributed by atoms with Gasteiger partial charge in [-0.1, -0.05) is 13.2 Å². The molecule has 0 aliphatic heterocycles. The van der Waals surface area contributed by atoms with E-state index in [1.54, 1.807) is 20.8 Å². The zero-order valence-electron chi connectivity index (χ0n) is 11.7. The van der Waals surface area contributed by atoms with Crippen LogP contribution >= 0.6 is 0 Å². The van der Waals surface area contributed by atoms with E-state index in [1.165, 1.54) is 0 Å². The Labute approximate surface area is 114 Å². The predicted octanol–water partition coefficient (Wildman–Crippen LogP) is 0.510. The summed E-state index contributed by atoms with van der Waals surface area (Å²) < 4.78 is 0. The van der Waals surface area contributed by atoms with Gasteiger partial charge in [0.2, 0.25) is 0 Å². The molecule has 7 nitrogen and oxygen atoms in total. The molecule has 5 N–H and O–H groups in total. The first-order valence-electron chi connectivity index (χ1n) is 5.32. The summed E-state index contributed by atoms with van der Waals surface area (Å²) in [6.45, 7) is 11.7. The van der Waals surface area contributed by atoms with E-state index in [0.29, 0.717) is 0 Å². The molecule has 0 aliphatic carbocycles. The minimum Gasteiger partial charge on any atom is -0.478 e. The Balaban J connectivity index is -0.0000000442. The van der Waals surface area contributed by atoms with E-state index in [1.807, 2.05) is 0 Å². The normalized spacial score (nSPS) is 6.21. The second-order valence-corrected chi connectivity index (χ2v) is 2.03. The summed E-state index contributed by atoms with van der Waals surface area (Å²) >= 11 is 0. The molecule has 0 radical (unpaired) electrons. The molecule has 0 aromatic heterocycles. The maximum atomic E-state index is 9.25. The molecule has 0 saturated carbocycles. The number of aliphatic hydroxyl groups is 3. The lowest BCUT2D eigenvalue weighted by molar-refractivity contribution is -0.132. The molecular weight excluding hydrogens is 256 g/mol. The Morgan fingerprint density at radius 1 is 0.789 bits per heavy atom. The van der Waals surface area contributed by atoms with Gasteiger partial charge in [0, 0.05) is 32.0 Å². The van der Waals surface area contributed by atoms with Crippen LogP contribution in [0, 0.1) is 0 Å². The van der Waals surface area contributed by atoms with E-state index in [4.69, 9.17) is 25.5 Å². The number of aliphatic hydroxyl groups excluding tert-OH is 3. The highest BCUT2D eigenvalue weighted by Crippen LogP contribution is 1.55. The third-order valence-electron chi connectivity index (χ3n) is 0.349. The maximum absolute atomic E-state index is 9.25. The van der Waals surface area contributed by atoms with E-state index in [9.17, 15) is 9.59 Å². The third kappa shape index (κ3) is 630. The van der Waals surface area contributed by atoms with Crippen molar-refractivity contribution in [3.8, 4) is 0 Å². The average molecular weight is 282 g/mol. The molecule has 0 saturated heterocycles. The molecule has 0 amide bonds. The second kappa shape index (κ2) is 44.1. The van der Waals surface area contributed by atoms with Crippen LogP contribution in [-0.4, -0.2) is 57.3 Å². The fourth-order valence-corrected chi connectivity index (χ4v) is 0. The van der Waals surface area contributed by atoms with Gasteiger partial charge in [-0.25, -0.2) is 9.59 Å². The molecule has 0 fully saturated rings. The first-order valence-corrected chi connectivity index (χ1v) is 5.32. The molecule has 0 heterocycles. The molecule has 19 heavy (non-hydrogen) atoms. The van der Waals surface area contributed by atoms with Gasteiger partial charge in [0.05, 0.1) is 0 Å². The van der Waals surface area contributed by atoms with E-state index in [-0.39, 0.29) is 19.8 Å². The van der Waals surface area contributed by atoms with Gasteiger partial charge < -0.3 is 25.5 Å². The van der Waals surface area contributed by atoms with Crippen molar-refractivity contribution < 1.29 is 35.1 Å². The van der Waals surface area contributed by atoms with Crippen molar-refractivity contribution >= 4 is 11.9 Å². The Morgan fingerprint density at radius 2 is 0.842 bits per heavy atom. The van der Waals surface area contributed by atoms with Gasteiger partial charge in [-0.05, 0) is 20.8 Å². The number of hydrogen-bond donors (Lipinski definition) is 5. The Morgan fingerprint density at radius 3 is 0.842 bits per heavy atom. The van der Waals surface area contributed by atoms with Crippen LogP contribution in [0.25, 0.3) is 0 Å². The van der Waals surface area contributed by atoms with E-state index in [2.05, 4.69) is 13.2 Å². The standard InChI is InChI=1S/2C3H4O2.3C2H6O/c2*1-2-3(4)5;3*1-2-3/h2*2H,1H2,(H,4,5);3*3H,2H2,1H3. The van der Waals surface area contributed by atoms with Gasteiger partial charge in [-0.2, -0.15) is 0 Å². The molecule has 116 valence electrons. The van der Waals surface area contributed by atoms with Crippen molar-refractivity contribution in [2.45, 2.75) is 20.8 Å². The SMILES string of the molecule is C=CC(=O)O.C=CC(=O)O.CCO.CCO.CCO. The minimum absolute atomic E-state index is 0.250. The highest BCUT2D eigenvalue weighted by Gasteiger charge is 1.73. The summed E-state index contributed by atoms with van der Waals surface area (Å²) in [6, 6.07) is 0. The maximum Gasteiger partial charge on any atom is 0.327 e. The number of carboxylic acid groups (broad SMARTS) is 2. The predicted molar refractivity (Wildman–Crippen MR) is 73.9 cm³/mol. The van der Waals surface area contributed by atoms with Gasteiger partial charge in [-0.15, -0.1) is 0 Å². The smallest absolute Gasteiger partial charge is 0.327 e. The number of rotatable bonds is 2. The van der Waals surface area contributed by atoms with Crippen molar-refractivity contribution in [3.63, 3.8) is 0 Å². The molecule has 0 aliphatic rings. The quantitative estimate of drug-likeness (QED) is 0.465. The van der Waals surface area contributed by atoms with Crippen molar-refractivity contribution in [3.05, 3.63) is 25.3 Å². The minimum atomic E-state index is -0.981. The largest absolute Gasteiger partial charge is 0.478 e. The fourth-order valence-electron chi connectivity index (χ4n) is 0. The summed E-state index contributed by atoms with van der Waals surface area (Å²) in [5.41, 5.74) is 0. The molecule has 7 heteroatoms. The van der Waals surface area contributed by atoms with Crippen molar-refractivity contribution in [1.29, 1.82) is 0 Å². The van der Waals surface area contributed by atoms with Gasteiger partial charge in [0.15, 0.2) is 0 Å². The van der Waals surface area contributed by atoms with Crippen LogP contribution in [0.5, 0.6) is 0 Å². The first-order chi connectivity index (χ1) is 8.78. The topological polar surface area (TPSA) is 135 Å². The van der Waals surface area contributed by atoms with Crippen LogP contribution in [0.3, 0.4) is 0 Å². The molecular formula is C12H26O7. The molecule has 0 aromatic carbocycles. The lowest BCUT2D eigenvalue weighted by Crippen LogP contribution is -1.82. The number of carbonyl (C=O) groups is 2. The Kier molecular flexibility index (Phi) is 70.5. The van der Waals surface area contributed by atoms with Crippen LogP contribution in [0.1, 0.15) is 20.8 Å². The van der Waals surface area contributed by atoms with E-state index in [0.717, 1.165) is 12.2 Å². The highest BCUT2D eigenvalue weighted by atomic mass is 16.4. The van der Waals surface area contributed by atoms with Crippen LogP contribution < -0.4 is 0 Å². The average Bonchev–Trinajstić information content (AvgIpc) is 2.32. The van der Waals surface area contributed by atoms with Crippen LogP contribution in [0.15, 0.2) is 25.3 Å². The summed E-state index contributed by atoms with van der Waals surface area (Å²) in [6.07, 6.45) is 1.67. The van der Waals surface area contributed by atoms with Gasteiger partial charge >= 0.3 is 11.9 Å². The number of carboxylic acids is 2. The Bertz CT molecular complexity index is 168. The zero-order valence-corrected chi connectivity index (χ0v) is 11.7. The van der Waals surface area contributed by atoms with Crippen molar-refractivity contribution in [2.75, 3.05) is 19.8 Å². The summed E-state index contributed by atoms with van der Waals surface area (Å²) in [5.74, 6) is -1.96. The van der Waals surface area contributed by atoms with Gasteiger partial charge in [0.25, 0.3) is 0 Å². The molecule has 0 unspecified atom stereocenters. The first kappa shape index (κ1) is 30.4. The van der Waals surface area contributed by atoms with E-state index < -0.39 is 11.9 Å². The molecule has 0 spiro atoms. The molecule has 0 rings (SSSR count). The molecule has 0 bridgehead atoms. The number of aliphatic carboxylic acids is 2. The van der Waals surface area contributed by atoms with Gasteiger partial charge in [-0.3, -0.25) is 0 Å². The molecule has 0 aromatic rings. The molecule has 0 atom stereocenters. The highest BCUT2D eigenvalue weighted by molar-refractivity contribution is 5.79. The lowest BCUT2D eigenvalue weighted by atomic mass is 10.7. The fraction of sp³-hybridized carbons (Fsp3) is 0.500. The number of hydrogen-bond acceptors (Lipinski definition) is 5. The second-order valence-electron chi connectivity index (χ2n) is 2.03. The van der Waals surface area contributed by atoms with Crippen molar-refractivity contribution in [2.24, 2.45) is 0 Å². The van der Waals surface area contributed by atoms with Gasteiger partial charge in [0.1, 0.15) is 0 Å². The monoisotopic (exact) mass is 282 g/mol. The summed E-state index contributed by atoms with van der Waals surface area (Å²) in [5, 5.41) is 37.9. The third-order valence-corrected chi connectivity index (χ3v) is 0.349.